The minimum absolute atomic E-state index is 0. The molecule has 0 radical (unpaired) electrons. The summed E-state index contributed by atoms with van der Waals surface area (Å²) < 4.78 is 5.56. The van der Waals surface area contributed by atoms with Gasteiger partial charge in [0.15, 0.2) is 0 Å². The third kappa shape index (κ3) is 5.31. The number of benzene rings is 1. The molecule has 1 aromatic carbocycles. The Balaban J connectivity index is 0.00000121. The van der Waals surface area contributed by atoms with Gasteiger partial charge >= 0.3 is 0 Å². The van der Waals surface area contributed by atoms with Gasteiger partial charge in [-0.25, -0.2) is 0 Å². The molecular formula is C17H28Cl2N2O. The van der Waals surface area contributed by atoms with Crippen molar-refractivity contribution in [1.29, 1.82) is 0 Å². The Morgan fingerprint density at radius 1 is 1.14 bits per heavy atom. The highest BCUT2D eigenvalue weighted by atomic mass is 35.5. The second-order valence-corrected chi connectivity index (χ2v) is 5.98. The normalized spacial score (nSPS) is 19.7. The van der Waals surface area contributed by atoms with Crippen LogP contribution in [-0.2, 0) is 0 Å². The molecule has 1 aliphatic carbocycles. The van der Waals surface area contributed by atoms with Gasteiger partial charge in [0.1, 0.15) is 5.75 Å². The van der Waals surface area contributed by atoms with Crippen molar-refractivity contribution >= 4 is 24.8 Å². The number of ether oxygens (including phenoxy) is 1. The predicted octanol–water partition coefficient (Wildman–Crippen LogP) is 3.68. The van der Waals surface area contributed by atoms with Crippen LogP contribution in [0.2, 0.25) is 0 Å². The smallest absolute Gasteiger partial charge is 0.119 e. The number of halogens is 2. The molecule has 126 valence electrons. The van der Waals surface area contributed by atoms with Crippen molar-refractivity contribution in [2.45, 2.75) is 32.2 Å². The number of rotatable bonds is 6. The van der Waals surface area contributed by atoms with Gasteiger partial charge in [-0.1, -0.05) is 25.0 Å². The predicted molar refractivity (Wildman–Crippen MR) is 96.6 cm³/mol. The molecule has 22 heavy (non-hydrogen) atoms. The number of hydrogen-bond donors (Lipinski definition) is 1. The highest BCUT2D eigenvalue weighted by Gasteiger charge is 2.30. The Labute approximate surface area is 146 Å². The Morgan fingerprint density at radius 3 is 2.32 bits per heavy atom. The molecule has 3 nitrogen and oxygen atoms in total. The van der Waals surface area contributed by atoms with Crippen LogP contribution >= 0.6 is 24.8 Å². The van der Waals surface area contributed by atoms with E-state index in [0.717, 1.165) is 31.4 Å². The maximum absolute atomic E-state index is 5.56. The third-order valence-corrected chi connectivity index (χ3v) is 4.42. The quantitative estimate of drug-likeness (QED) is 0.850. The third-order valence-electron chi connectivity index (χ3n) is 4.42. The molecule has 0 unspecified atom stereocenters. The first-order valence-electron chi connectivity index (χ1n) is 8.04. The van der Waals surface area contributed by atoms with Crippen LogP contribution in [0.4, 0.5) is 0 Å². The molecule has 1 saturated carbocycles. The zero-order valence-electron chi connectivity index (χ0n) is 13.3. The highest BCUT2D eigenvalue weighted by Crippen LogP contribution is 2.40. The molecule has 1 aliphatic heterocycles. The average molecular weight is 347 g/mol. The van der Waals surface area contributed by atoms with Crippen molar-refractivity contribution in [3.8, 4) is 5.75 Å². The second-order valence-electron chi connectivity index (χ2n) is 5.98. The molecule has 1 aromatic rings. The lowest BCUT2D eigenvalue weighted by Crippen LogP contribution is -2.45. The maximum Gasteiger partial charge on any atom is 0.119 e. The van der Waals surface area contributed by atoms with Gasteiger partial charge in [-0.05, 0) is 37.0 Å². The molecule has 0 bridgehead atoms. The van der Waals surface area contributed by atoms with Crippen molar-refractivity contribution in [2.24, 2.45) is 5.92 Å². The Bertz CT molecular complexity index is 417. The molecule has 1 heterocycles. The number of piperazine rings is 1. The van der Waals surface area contributed by atoms with Crippen molar-refractivity contribution in [1.82, 2.24) is 10.2 Å². The number of nitrogens with one attached hydrogen (secondary N) is 1. The first-order valence-corrected chi connectivity index (χ1v) is 8.04. The average Bonchev–Trinajstić information content (AvgIpc) is 3.31. The topological polar surface area (TPSA) is 24.5 Å². The van der Waals surface area contributed by atoms with Gasteiger partial charge < -0.3 is 10.1 Å². The lowest BCUT2D eigenvalue weighted by Gasteiger charge is -2.35. The summed E-state index contributed by atoms with van der Waals surface area (Å²) in [4.78, 5) is 2.66. The Morgan fingerprint density at radius 2 is 1.77 bits per heavy atom. The van der Waals surface area contributed by atoms with E-state index in [1.54, 1.807) is 0 Å². The van der Waals surface area contributed by atoms with Crippen LogP contribution in [0, 0.1) is 5.92 Å². The highest BCUT2D eigenvalue weighted by molar-refractivity contribution is 5.85. The van der Waals surface area contributed by atoms with Crippen LogP contribution in [0.25, 0.3) is 0 Å². The van der Waals surface area contributed by atoms with Gasteiger partial charge in [0.2, 0.25) is 0 Å². The number of nitrogens with zero attached hydrogens (tertiary/aromatic N) is 1. The molecule has 0 spiro atoms. The van der Waals surface area contributed by atoms with E-state index in [2.05, 4.69) is 34.5 Å². The van der Waals surface area contributed by atoms with Gasteiger partial charge in [0.05, 0.1) is 6.61 Å². The summed E-state index contributed by atoms with van der Waals surface area (Å²) in [5, 5.41) is 3.45. The van der Waals surface area contributed by atoms with Crippen LogP contribution < -0.4 is 10.1 Å². The van der Waals surface area contributed by atoms with E-state index >= 15 is 0 Å². The lowest BCUT2D eigenvalue weighted by molar-refractivity contribution is 0.160. The zero-order valence-corrected chi connectivity index (χ0v) is 14.9. The van der Waals surface area contributed by atoms with Crippen molar-refractivity contribution < 1.29 is 4.74 Å². The van der Waals surface area contributed by atoms with Crippen LogP contribution in [0.15, 0.2) is 24.3 Å². The first-order chi connectivity index (χ1) is 9.86. The fourth-order valence-electron chi connectivity index (χ4n) is 3.11. The summed E-state index contributed by atoms with van der Waals surface area (Å²) in [5.41, 5.74) is 1.46. The van der Waals surface area contributed by atoms with E-state index in [0.29, 0.717) is 6.04 Å². The van der Waals surface area contributed by atoms with E-state index in [1.807, 2.05) is 6.92 Å². The molecule has 1 atom stereocenters. The summed E-state index contributed by atoms with van der Waals surface area (Å²) in [6.07, 6.45) is 4.19. The van der Waals surface area contributed by atoms with Crippen LogP contribution in [0.1, 0.15) is 37.8 Å². The van der Waals surface area contributed by atoms with Crippen molar-refractivity contribution in [3.05, 3.63) is 29.8 Å². The molecule has 3 rings (SSSR count). The molecule has 0 aromatic heterocycles. The molecule has 2 aliphatic rings. The summed E-state index contributed by atoms with van der Waals surface area (Å²) in [6, 6.07) is 9.38. The second kappa shape index (κ2) is 9.61. The largest absolute Gasteiger partial charge is 0.494 e. The van der Waals surface area contributed by atoms with E-state index < -0.39 is 0 Å². The van der Waals surface area contributed by atoms with Crippen LogP contribution in [-0.4, -0.2) is 37.7 Å². The summed E-state index contributed by atoms with van der Waals surface area (Å²) in [5.74, 6) is 1.95. The molecule has 0 amide bonds. The number of hydrogen-bond acceptors (Lipinski definition) is 3. The van der Waals surface area contributed by atoms with Crippen molar-refractivity contribution in [3.63, 3.8) is 0 Å². The first kappa shape index (κ1) is 19.6. The minimum atomic E-state index is 0. The monoisotopic (exact) mass is 346 g/mol. The van der Waals surface area contributed by atoms with Crippen LogP contribution in [0.5, 0.6) is 5.75 Å². The van der Waals surface area contributed by atoms with Gasteiger partial charge in [-0.15, -0.1) is 24.8 Å². The van der Waals surface area contributed by atoms with E-state index in [1.165, 1.54) is 37.9 Å². The van der Waals surface area contributed by atoms with Gasteiger partial charge in [-0.3, -0.25) is 4.90 Å². The molecule has 1 saturated heterocycles. The Hall–Kier alpha value is -0.480. The fourth-order valence-corrected chi connectivity index (χ4v) is 3.11. The minimum Gasteiger partial charge on any atom is -0.494 e. The van der Waals surface area contributed by atoms with E-state index in [9.17, 15) is 0 Å². The fraction of sp³-hybridized carbons (Fsp3) is 0.647. The molecular weight excluding hydrogens is 319 g/mol. The van der Waals surface area contributed by atoms with E-state index in [-0.39, 0.29) is 24.8 Å². The van der Waals surface area contributed by atoms with E-state index in [4.69, 9.17) is 4.74 Å². The molecule has 2 fully saturated rings. The van der Waals surface area contributed by atoms with Crippen molar-refractivity contribution in [2.75, 3.05) is 32.8 Å². The molecule has 5 heteroatoms. The summed E-state index contributed by atoms with van der Waals surface area (Å²) >= 11 is 0. The van der Waals surface area contributed by atoms with Crippen LogP contribution in [0.3, 0.4) is 0 Å². The SMILES string of the molecule is CCOc1ccc([C@@H](CC2CC2)N2CCNCC2)cc1.Cl.Cl. The van der Waals surface area contributed by atoms with Gasteiger partial charge in [0.25, 0.3) is 0 Å². The van der Waals surface area contributed by atoms with Gasteiger partial charge in [-0.2, -0.15) is 0 Å². The summed E-state index contributed by atoms with van der Waals surface area (Å²) in [7, 11) is 0. The lowest BCUT2D eigenvalue weighted by atomic mass is 9.98. The van der Waals surface area contributed by atoms with Gasteiger partial charge in [0, 0.05) is 32.2 Å². The maximum atomic E-state index is 5.56. The standard InChI is InChI=1S/C17H26N2O.2ClH/c1-2-20-16-7-5-15(6-8-16)17(13-14-3-4-14)19-11-9-18-10-12-19;;/h5-8,14,17-18H,2-4,9-13H2,1H3;2*1H/t17-;;/m1../s1. The molecule has 1 N–H and O–H groups in total. The Kier molecular flexibility index (Phi) is 8.55. The summed E-state index contributed by atoms with van der Waals surface area (Å²) in [6.45, 7) is 7.36. The zero-order chi connectivity index (χ0) is 13.8.